The first-order valence-corrected chi connectivity index (χ1v) is 12.8. The second-order valence-corrected chi connectivity index (χ2v) is 9.22. The van der Waals surface area contributed by atoms with Crippen molar-refractivity contribution in [2.75, 3.05) is 24.9 Å². The van der Waals surface area contributed by atoms with Crippen molar-refractivity contribution < 1.29 is 14.3 Å². The first-order valence-electron chi connectivity index (χ1n) is 12.4. The maximum absolute atomic E-state index is 12.9. The average molecular weight is 567 g/mol. The first-order chi connectivity index (χ1) is 20.0. The van der Waals surface area contributed by atoms with Gasteiger partial charge in [-0.1, -0.05) is 23.7 Å². The van der Waals surface area contributed by atoms with Gasteiger partial charge in [-0.3, -0.25) is 9.55 Å². The number of carbonyl (C=O) groups is 1. The van der Waals surface area contributed by atoms with E-state index in [9.17, 15) is 4.79 Å². The number of rotatable bonds is 7. The zero-order chi connectivity index (χ0) is 28.3. The summed E-state index contributed by atoms with van der Waals surface area (Å²) in [6.45, 7) is 0. The van der Waals surface area contributed by atoms with Crippen LogP contribution in [0, 0.1) is 0 Å². The number of carbonyl (C=O) groups excluding carboxylic acids is 1. The number of hydrogen-bond acceptors (Lipinski definition) is 7. The normalized spacial score (nSPS) is 10.9. The van der Waals surface area contributed by atoms with Gasteiger partial charge in [0.05, 0.1) is 30.6 Å². The number of benzene rings is 2. The number of fused-ring (bicyclic) bond motifs is 1. The highest BCUT2D eigenvalue weighted by atomic mass is 35.5. The Balaban J connectivity index is 1.31. The fourth-order valence-electron chi connectivity index (χ4n) is 4.40. The molecule has 0 unspecified atom stereocenters. The fourth-order valence-corrected chi connectivity index (χ4v) is 4.64. The van der Waals surface area contributed by atoms with Crippen LogP contribution >= 0.6 is 11.6 Å². The number of urea groups is 1. The second-order valence-electron chi connectivity index (χ2n) is 8.81. The van der Waals surface area contributed by atoms with Crippen LogP contribution in [0.3, 0.4) is 0 Å². The average Bonchev–Trinajstić information content (AvgIpc) is 3.68. The van der Waals surface area contributed by atoms with Gasteiger partial charge in [-0.2, -0.15) is 0 Å². The molecule has 0 aliphatic carbocycles. The van der Waals surface area contributed by atoms with E-state index < -0.39 is 6.03 Å². The van der Waals surface area contributed by atoms with E-state index in [1.807, 2.05) is 57.9 Å². The smallest absolute Gasteiger partial charge is 0.323 e. The topological polar surface area (TPSA) is 120 Å². The van der Waals surface area contributed by atoms with Crippen LogP contribution in [0.5, 0.6) is 11.5 Å². The van der Waals surface area contributed by atoms with Crippen LogP contribution in [0.25, 0.3) is 34.1 Å². The zero-order valence-corrected chi connectivity index (χ0v) is 22.7. The van der Waals surface area contributed by atoms with Gasteiger partial charge in [0.25, 0.3) is 0 Å². The molecule has 0 bridgehead atoms. The molecule has 12 heteroatoms. The van der Waals surface area contributed by atoms with Crippen LogP contribution in [0.1, 0.15) is 0 Å². The zero-order valence-electron chi connectivity index (χ0n) is 21.9. The third kappa shape index (κ3) is 5.13. The lowest BCUT2D eigenvalue weighted by Gasteiger charge is -2.14. The number of anilines is 2. The van der Waals surface area contributed by atoms with Gasteiger partial charge in [0.15, 0.2) is 11.5 Å². The van der Waals surface area contributed by atoms with Gasteiger partial charge in [-0.05, 0) is 30.3 Å². The second kappa shape index (κ2) is 11.0. The largest absolute Gasteiger partial charge is 0.495 e. The van der Waals surface area contributed by atoms with E-state index in [1.54, 1.807) is 43.0 Å². The first kappa shape index (κ1) is 25.8. The highest BCUT2D eigenvalue weighted by molar-refractivity contribution is 6.32. The third-order valence-electron chi connectivity index (χ3n) is 6.30. The summed E-state index contributed by atoms with van der Waals surface area (Å²) in [7, 11) is 3.00. The number of aromatic nitrogens is 6. The van der Waals surface area contributed by atoms with Gasteiger partial charge in [-0.15, -0.1) is 0 Å². The molecule has 0 radical (unpaired) electrons. The van der Waals surface area contributed by atoms with E-state index in [-0.39, 0.29) is 0 Å². The van der Waals surface area contributed by atoms with Gasteiger partial charge in [0.2, 0.25) is 0 Å². The van der Waals surface area contributed by atoms with Gasteiger partial charge in [-0.25, -0.2) is 19.7 Å². The summed E-state index contributed by atoms with van der Waals surface area (Å²) in [5, 5.41) is 5.97. The van der Waals surface area contributed by atoms with Crippen molar-refractivity contribution in [3.8, 4) is 40.0 Å². The Labute approximate surface area is 239 Å². The van der Waals surface area contributed by atoms with E-state index >= 15 is 0 Å². The van der Waals surface area contributed by atoms with Gasteiger partial charge in [0.1, 0.15) is 17.3 Å². The molecular weight excluding hydrogens is 544 g/mol. The molecule has 6 aromatic rings. The Morgan fingerprint density at radius 2 is 1.68 bits per heavy atom. The van der Waals surface area contributed by atoms with Crippen molar-refractivity contribution in [2.24, 2.45) is 0 Å². The van der Waals surface area contributed by atoms with Crippen molar-refractivity contribution in [3.05, 3.63) is 96.9 Å². The van der Waals surface area contributed by atoms with Crippen molar-refractivity contribution in [3.63, 3.8) is 0 Å². The summed E-state index contributed by atoms with van der Waals surface area (Å²) in [4.78, 5) is 31.0. The quantitative estimate of drug-likeness (QED) is 0.245. The van der Waals surface area contributed by atoms with Crippen molar-refractivity contribution in [1.29, 1.82) is 0 Å². The molecular formula is C29H23ClN8O3. The standard InChI is InChI=1S/C29H23ClN8O3/c1-40-24-16-25(41-2)22(15-21(24)30)36-29(39)34-20-5-3-4-19(14-20)23-17-37-12-10-33-27(37)28(35-23)38-13-11-32-26(38)18-6-8-31-9-7-18/h3-17H,1-2H3,(H2,34,36,39). The molecule has 0 aliphatic rings. The Hall–Kier alpha value is -5.42. The molecule has 0 spiro atoms. The summed E-state index contributed by atoms with van der Waals surface area (Å²) in [5.74, 6) is 2.16. The molecule has 0 aliphatic heterocycles. The van der Waals surface area contributed by atoms with Crippen LogP contribution in [0.15, 0.2) is 91.9 Å². The van der Waals surface area contributed by atoms with Gasteiger partial charge < -0.3 is 24.5 Å². The molecule has 0 saturated heterocycles. The minimum Gasteiger partial charge on any atom is -0.495 e. The van der Waals surface area contributed by atoms with Gasteiger partial charge in [0, 0.05) is 66.3 Å². The molecule has 6 rings (SSSR count). The molecule has 4 heterocycles. The van der Waals surface area contributed by atoms with Crippen LogP contribution in [-0.2, 0) is 0 Å². The monoisotopic (exact) mass is 566 g/mol. The molecule has 0 saturated carbocycles. The maximum atomic E-state index is 12.9. The summed E-state index contributed by atoms with van der Waals surface area (Å²) >= 11 is 6.24. The lowest BCUT2D eigenvalue weighted by atomic mass is 10.1. The number of ether oxygens (including phenoxy) is 2. The summed E-state index contributed by atoms with van der Waals surface area (Å²) < 4.78 is 14.4. The number of amides is 2. The van der Waals surface area contributed by atoms with Crippen LogP contribution in [0.2, 0.25) is 5.02 Å². The SMILES string of the molecule is COc1cc(OC)c(NC(=O)Nc2cccc(-c3cn4ccnc4c(-n4ccnc4-c4ccncc4)n3)c2)cc1Cl. The minimum atomic E-state index is -0.471. The molecule has 0 atom stereocenters. The molecule has 2 amide bonds. The molecule has 204 valence electrons. The summed E-state index contributed by atoms with van der Waals surface area (Å²) in [5.41, 5.74) is 3.99. The van der Waals surface area contributed by atoms with E-state index in [0.717, 1.165) is 11.1 Å². The summed E-state index contributed by atoms with van der Waals surface area (Å²) in [6.07, 6.45) is 12.5. The number of nitrogens with one attached hydrogen (secondary N) is 2. The molecule has 41 heavy (non-hydrogen) atoms. The predicted molar refractivity (Wildman–Crippen MR) is 156 cm³/mol. The maximum Gasteiger partial charge on any atom is 0.323 e. The van der Waals surface area contributed by atoms with Crippen molar-refractivity contribution in [1.82, 2.24) is 28.9 Å². The highest BCUT2D eigenvalue weighted by Gasteiger charge is 2.17. The Bertz CT molecular complexity index is 1870. The number of methoxy groups -OCH3 is 2. The van der Waals surface area contributed by atoms with Crippen molar-refractivity contribution >= 4 is 34.7 Å². The number of halogens is 1. The highest BCUT2D eigenvalue weighted by Crippen LogP contribution is 2.36. The number of pyridine rings is 1. The number of imidazole rings is 2. The van der Waals surface area contributed by atoms with E-state index in [2.05, 4.69) is 25.6 Å². The molecule has 11 nitrogen and oxygen atoms in total. The molecule has 0 fully saturated rings. The van der Waals surface area contributed by atoms with Crippen LogP contribution < -0.4 is 20.1 Å². The Morgan fingerprint density at radius 1 is 0.878 bits per heavy atom. The van der Waals surface area contributed by atoms with Gasteiger partial charge >= 0.3 is 6.03 Å². The lowest BCUT2D eigenvalue weighted by Crippen LogP contribution is -2.20. The predicted octanol–water partition coefficient (Wildman–Crippen LogP) is 5.96. The molecule has 2 N–H and O–H groups in total. The fraction of sp³-hybridized carbons (Fsp3) is 0.0690. The molecule has 4 aromatic heterocycles. The van der Waals surface area contributed by atoms with E-state index in [0.29, 0.717) is 50.9 Å². The molecule has 2 aromatic carbocycles. The van der Waals surface area contributed by atoms with Crippen LogP contribution in [0.4, 0.5) is 16.2 Å². The minimum absolute atomic E-state index is 0.340. The lowest BCUT2D eigenvalue weighted by molar-refractivity contribution is 0.262. The van der Waals surface area contributed by atoms with E-state index in [1.165, 1.54) is 14.2 Å². The van der Waals surface area contributed by atoms with Crippen LogP contribution in [-0.4, -0.2) is 49.2 Å². The number of hydrogen-bond donors (Lipinski definition) is 2. The Morgan fingerprint density at radius 3 is 2.49 bits per heavy atom. The number of nitrogens with zero attached hydrogens (tertiary/aromatic N) is 6. The Kier molecular flexibility index (Phi) is 6.92. The van der Waals surface area contributed by atoms with E-state index in [4.69, 9.17) is 26.1 Å². The third-order valence-corrected chi connectivity index (χ3v) is 6.60. The summed E-state index contributed by atoms with van der Waals surface area (Å²) in [6, 6.07) is 13.9. The van der Waals surface area contributed by atoms with Crippen molar-refractivity contribution in [2.45, 2.75) is 0 Å².